The maximum Gasteiger partial charge on any atom is 0.408 e. The highest BCUT2D eigenvalue weighted by atomic mass is 16.6. The molecule has 1 aromatic heterocycles. The Morgan fingerprint density at radius 3 is 2.40 bits per heavy atom. The van der Waals surface area contributed by atoms with Gasteiger partial charge in [-0.25, -0.2) is 4.79 Å². The van der Waals surface area contributed by atoms with Crippen LogP contribution in [0.1, 0.15) is 65.6 Å². The summed E-state index contributed by atoms with van der Waals surface area (Å²) in [5.74, 6) is 0.262. The molecule has 1 N–H and O–H groups in total. The van der Waals surface area contributed by atoms with E-state index >= 15 is 0 Å². The number of ether oxygens (including phenoxy) is 1. The minimum Gasteiger partial charge on any atom is -0.444 e. The highest BCUT2D eigenvalue weighted by molar-refractivity contribution is 5.91. The van der Waals surface area contributed by atoms with Gasteiger partial charge in [0.1, 0.15) is 5.60 Å². The number of alkyl carbamates (subject to hydrolysis) is 1. The lowest BCUT2D eigenvalue weighted by Gasteiger charge is -2.32. The first-order valence-corrected chi connectivity index (χ1v) is 8.88. The van der Waals surface area contributed by atoms with E-state index < -0.39 is 17.2 Å². The van der Waals surface area contributed by atoms with Crippen molar-refractivity contribution in [3.05, 3.63) is 29.6 Å². The zero-order valence-electron chi connectivity index (χ0n) is 16.6. The predicted molar refractivity (Wildman–Crippen MR) is 99.5 cm³/mol. The van der Waals surface area contributed by atoms with Crippen molar-refractivity contribution in [2.24, 2.45) is 5.92 Å². The molecule has 0 aliphatic rings. The molecular weight excluding hydrogens is 316 g/mol. The molecule has 0 radical (unpaired) electrons. The number of Topliss-reactive ketones (excluding diaryl/α,β-unsaturated/α-hetero) is 1. The zero-order valence-corrected chi connectivity index (χ0v) is 16.6. The number of carbonyl (C=O) groups is 2. The van der Waals surface area contributed by atoms with Crippen LogP contribution in [0.25, 0.3) is 0 Å². The number of hydrogen-bond acceptors (Lipinski definition) is 4. The first-order chi connectivity index (χ1) is 11.4. The maximum absolute atomic E-state index is 12.9. The fourth-order valence-electron chi connectivity index (χ4n) is 2.87. The number of aryl methyl sites for hydroxylation is 2. The molecule has 0 aliphatic heterocycles. The van der Waals surface area contributed by atoms with E-state index in [1.165, 1.54) is 0 Å². The molecule has 0 aliphatic carbocycles. The van der Waals surface area contributed by atoms with Crippen LogP contribution >= 0.6 is 0 Å². The van der Waals surface area contributed by atoms with Crippen LogP contribution in [0.2, 0.25) is 0 Å². The molecule has 140 valence electrons. The van der Waals surface area contributed by atoms with Gasteiger partial charge in [-0.05, 0) is 65.0 Å². The number of rotatable bonds is 7. The van der Waals surface area contributed by atoms with Gasteiger partial charge in [0.15, 0.2) is 5.78 Å². The van der Waals surface area contributed by atoms with Crippen molar-refractivity contribution in [2.75, 3.05) is 0 Å². The normalized spacial score (nSPS) is 14.1. The van der Waals surface area contributed by atoms with Gasteiger partial charge < -0.3 is 10.1 Å². The molecule has 1 rings (SSSR count). The van der Waals surface area contributed by atoms with E-state index in [0.717, 1.165) is 11.3 Å². The number of ketones is 1. The zero-order chi connectivity index (χ0) is 19.3. The Hall–Kier alpha value is -1.91. The van der Waals surface area contributed by atoms with Crippen LogP contribution in [0.15, 0.2) is 18.3 Å². The van der Waals surface area contributed by atoms with Gasteiger partial charge in [-0.3, -0.25) is 9.78 Å². The van der Waals surface area contributed by atoms with Crippen molar-refractivity contribution in [3.63, 3.8) is 0 Å². The van der Waals surface area contributed by atoms with E-state index in [1.807, 2.05) is 32.9 Å². The van der Waals surface area contributed by atoms with Crippen LogP contribution in [0.4, 0.5) is 4.79 Å². The van der Waals surface area contributed by atoms with Gasteiger partial charge in [0.05, 0.1) is 5.54 Å². The molecule has 5 heteroatoms. The Kier molecular flexibility index (Phi) is 7.15. The smallest absolute Gasteiger partial charge is 0.408 e. The molecule has 1 atom stereocenters. The Labute approximate surface area is 151 Å². The second-order valence-corrected chi connectivity index (χ2v) is 8.25. The van der Waals surface area contributed by atoms with Gasteiger partial charge >= 0.3 is 6.09 Å². The Morgan fingerprint density at radius 2 is 1.88 bits per heavy atom. The molecule has 1 aromatic rings. The van der Waals surface area contributed by atoms with Crippen LogP contribution in [0.3, 0.4) is 0 Å². The van der Waals surface area contributed by atoms with Gasteiger partial charge in [0.2, 0.25) is 0 Å². The first-order valence-electron chi connectivity index (χ1n) is 8.88. The molecule has 0 fully saturated rings. The monoisotopic (exact) mass is 348 g/mol. The molecule has 0 aromatic carbocycles. The molecule has 5 nitrogen and oxygen atoms in total. The fourth-order valence-corrected chi connectivity index (χ4v) is 2.87. The lowest BCUT2D eigenvalue weighted by Crippen LogP contribution is -2.54. The maximum atomic E-state index is 12.9. The lowest BCUT2D eigenvalue weighted by molar-refractivity contribution is -0.125. The topological polar surface area (TPSA) is 68.3 Å². The van der Waals surface area contributed by atoms with E-state index in [9.17, 15) is 9.59 Å². The average molecular weight is 348 g/mol. The van der Waals surface area contributed by atoms with Crippen molar-refractivity contribution in [1.29, 1.82) is 0 Å². The summed E-state index contributed by atoms with van der Waals surface area (Å²) in [4.78, 5) is 29.4. The Bertz CT molecular complexity index is 605. The number of carbonyl (C=O) groups excluding carboxylic acids is 2. The van der Waals surface area contributed by atoms with Gasteiger partial charge in [0, 0.05) is 18.3 Å². The van der Waals surface area contributed by atoms with E-state index in [2.05, 4.69) is 10.3 Å². The Balaban J connectivity index is 2.83. The van der Waals surface area contributed by atoms with E-state index in [1.54, 1.807) is 33.9 Å². The van der Waals surface area contributed by atoms with Crippen LogP contribution in [-0.2, 0) is 16.0 Å². The van der Waals surface area contributed by atoms with Crippen molar-refractivity contribution in [3.8, 4) is 0 Å². The first kappa shape index (κ1) is 21.1. The van der Waals surface area contributed by atoms with Gasteiger partial charge in [-0.15, -0.1) is 0 Å². The standard InChI is InChI=1S/C20H32N2O3/c1-14(2)13-20(7,22-18(24)25-19(4,5)6)17(23)11-10-16-15(3)9-8-12-21-16/h8-9,12,14H,10-11,13H2,1-7H3,(H,22,24). The van der Waals surface area contributed by atoms with Crippen LogP contribution in [-0.4, -0.2) is 28.0 Å². The van der Waals surface area contributed by atoms with E-state index in [4.69, 9.17) is 4.74 Å². The molecule has 0 bridgehead atoms. The van der Waals surface area contributed by atoms with Gasteiger partial charge in [0.25, 0.3) is 0 Å². The van der Waals surface area contributed by atoms with Gasteiger partial charge in [-0.1, -0.05) is 19.9 Å². The lowest BCUT2D eigenvalue weighted by atomic mass is 9.84. The quantitative estimate of drug-likeness (QED) is 0.801. The van der Waals surface area contributed by atoms with Crippen LogP contribution < -0.4 is 5.32 Å². The fraction of sp³-hybridized carbons (Fsp3) is 0.650. The van der Waals surface area contributed by atoms with Crippen molar-refractivity contribution in [2.45, 2.75) is 78.9 Å². The van der Waals surface area contributed by atoms with Crippen LogP contribution in [0.5, 0.6) is 0 Å². The molecule has 1 heterocycles. The summed E-state index contributed by atoms with van der Waals surface area (Å²) in [6.45, 7) is 13.2. The minimum absolute atomic E-state index is 0.00267. The molecule has 0 saturated carbocycles. The van der Waals surface area contributed by atoms with Crippen molar-refractivity contribution < 1.29 is 14.3 Å². The molecule has 0 spiro atoms. The highest BCUT2D eigenvalue weighted by Gasteiger charge is 2.36. The number of pyridine rings is 1. The van der Waals surface area contributed by atoms with E-state index in [0.29, 0.717) is 19.3 Å². The minimum atomic E-state index is -0.945. The predicted octanol–water partition coefficient (Wildman–Crippen LogP) is 4.22. The number of aromatic nitrogens is 1. The summed E-state index contributed by atoms with van der Waals surface area (Å²) < 4.78 is 5.33. The second-order valence-electron chi connectivity index (χ2n) is 8.25. The van der Waals surface area contributed by atoms with Crippen molar-refractivity contribution >= 4 is 11.9 Å². The number of hydrogen-bond donors (Lipinski definition) is 1. The number of nitrogens with zero attached hydrogens (tertiary/aromatic N) is 1. The molecule has 0 saturated heterocycles. The van der Waals surface area contributed by atoms with Gasteiger partial charge in [-0.2, -0.15) is 0 Å². The highest BCUT2D eigenvalue weighted by Crippen LogP contribution is 2.22. The molecule has 1 unspecified atom stereocenters. The molecule has 25 heavy (non-hydrogen) atoms. The summed E-state index contributed by atoms with van der Waals surface area (Å²) in [5.41, 5.74) is 0.442. The summed E-state index contributed by atoms with van der Waals surface area (Å²) >= 11 is 0. The molecule has 1 amide bonds. The van der Waals surface area contributed by atoms with Crippen LogP contribution in [0, 0.1) is 12.8 Å². The summed E-state index contributed by atoms with van der Waals surface area (Å²) in [5, 5.41) is 2.80. The number of amides is 1. The second kappa shape index (κ2) is 8.45. The third-order valence-electron chi connectivity index (χ3n) is 3.92. The van der Waals surface area contributed by atoms with E-state index in [-0.39, 0.29) is 11.7 Å². The third kappa shape index (κ3) is 7.24. The molecular formula is C20H32N2O3. The SMILES string of the molecule is Cc1cccnc1CCC(=O)C(C)(CC(C)C)NC(=O)OC(C)(C)C. The summed E-state index contributed by atoms with van der Waals surface area (Å²) in [7, 11) is 0. The summed E-state index contributed by atoms with van der Waals surface area (Å²) in [6, 6.07) is 3.87. The summed E-state index contributed by atoms with van der Waals surface area (Å²) in [6.07, 6.45) is 2.63. The average Bonchev–Trinajstić information content (AvgIpc) is 2.42. The third-order valence-corrected chi connectivity index (χ3v) is 3.92. The van der Waals surface area contributed by atoms with Crippen molar-refractivity contribution in [1.82, 2.24) is 10.3 Å². The Morgan fingerprint density at radius 1 is 1.24 bits per heavy atom. The number of nitrogens with one attached hydrogen (secondary N) is 1. The largest absolute Gasteiger partial charge is 0.444 e.